The highest BCUT2D eigenvalue weighted by Crippen LogP contribution is 2.30. The van der Waals surface area contributed by atoms with Crippen molar-refractivity contribution in [3.63, 3.8) is 0 Å². The van der Waals surface area contributed by atoms with Crippen LogP contribution in [0.2, 0.25) is 0 Å². The van der Waals surface area contributed by atoms with Crippen LogP contribution in [0.4, 0.5) is 5.82 Å². The lowest BCUT2D eigenvalue weighted by molar-refractivity contribution is 0.421. The van der Waals surface area contributed by atoms with Gasteiger partial charge in [-0.3, -0.25) is 4.98 Å². The van der Waals surface area contributed by atoms with Gasteiger partial charge in [0.2, 0.25) is 0 Å². The molecule has 4 nitrogen and oxygen atoms in total. The number of anilines is 1. The second-order valence-electron chi connectivity index (χ2n) is 6.45. The monoisotopic (exact) mass is 262 g/mol. The van der Waals surface area contributed by atoms with Gasteiger partial charge in [-0.05, 0) is 46.5 Å². The van der Waals surface area contributed by atoms with Crippen LogP contribution in [0.5, 0.6) is 0 Å². The summed E-state index contributed by atoms with van der Waals surface area (Å²) in [6.45, 7) is 11.6. The Hall–Kier alpha value is -1.16. The van der Waals surface area contributed by atoms with Gasteiger partial charge in [0.05, 0.1) is 18.1 Å². The second-order valence-corrected chi connectivity index (χ2v) is 6.45. The van der Waals surface area contributed by atoms with Gasteiger partial charge in [-0.1, -0.05) is 0 Å². The molecule has 0 spiro atoms. The summed E-state index contributed by atoms with van der Waals surface area (Å²) in [6, 6.07) is 0. The molecule has 0 saturated heterocycles. The molecule has 2 rings (SSSR count). The molecule has 1 N–H and O–H groups in total. The molecular weight excluding hydrogens is 236 g/mol. The van der Waals surface area contributed by atoms with Crippen LogP contribution < -0.4 is 10.2 Å². The molecule has 4 heteroatoms. The Labute approximate surface area is 116 Å². The summed E-state index contributed by atoms with van der Waals surface area (Å²) in [7, 11) is 0. The van der Waals surface area contributed by atoms with Gasteiger partial charge in [0.25, 0.3) is 0 Å². The zero-order valence-corrected chi connectivity index (χ0v) is 12.6. The highest BCUT2D eigenvalue weighted by atomic mass is 15.2. The number of hydrogen-bond donors (Lipinski definition) is 1. The van der Waals surface area contributed by atoms with Crippen molar-refractivity contribution in [2.45, 2.75) is 52.6 Å². The van der Waals surface area contributed by atoms with Crippen LogP contribution in [0.1, 0.15) is 46.2 Å². The van der Waals surface area contributed by atoms with Crippen LogP contribution in [-0.4, -0.2) is 28.6 Å². The molecule has 1 aromatic rings. The van der Waals surface area contributed by atoms with Crippen molar-refractivity contribution >= 4 is 5.82 Å². The van der Waals surface area contributed by atoms with E-state index < -0.39 is 0 Å². The molecule has 1 saturated carbocycles. The Morgan fingerprint density at radius 2 is 2.00 bits per heavy atom. The van der Waals surface area contributed by atoms with Crippen LogP contribution in [0, 0.1) is 5.92 Å². The zero-order chi connectivity index (χ0) is 13.9. The highest BCUT2D eigenvalue weighted by Gasteiger charge is 2.24. The molecule has 19 heavy (non-hydrogen) atoms. The number of aromatic nitrogens is 2. The van der Waals surface area contributed by atoms with Crippen molar-refractivity contribution in [1.29, 1.82) is 0 Å². The SMILES string of the molecule is CCN(CC1CC1)c1cnc(CNC(C)(C)C)cn1. The summed E-state index contributed by atoms with van der Waals surface area (Å²) in [5.74, 6) is 1.89. The smallest absolute Gasteiger partial charge is 0.147 e. The van der Waals surface area contributed by atoms with Crippen LogP contribution in [0.15, 0.2) is 12.4 Å². The third-order valence-corrected chi connectivity index (χ3v) is 3.37. The minimum Gasteiger partial charge on any atom is -0.355 e. The first-order valence-electron chi connectivity index (χ1n) is 7.29. The molecule has 1 aromatic heterocycles. The molecule has 0 aromatic carbocycles. The molecule has 0 aliphatic heterocycles. The van der Waals surface area contributed by atoms with Crippen molar-refractivity contribution in [2.75, 3.05) is 18.0 Å². The number of hydrogen-bond acceptors (Lipinski definition) is 4. The Bertz CT molecular complexity index is 390. The van der Waals surface area contributed by atoms with E-state index in [1.54, 1.807) is 0 Å². The van der Waals surface area contributed by atoms with Crippen LogP contribution in [-0.2, 0) is 6.54 Å². The summed E-state index contributed by atoms with van der Waals surface area (Å²) in [6.07, 6.45) is 6.55. The average molecular weight is 262 g/mol. The molecule has 106 valence electrons. The third-order valence-electron chi connectivity index (χ3n) is 3.37. The van der Waals surface area contributed by atoms with Gasteiger partial charge in [-0.15, -0.1) is 0 Å². The maximum Gasteiger partial charge on any atom is 0.147 e. The summed E-state index contributed by atoms with van der Waals surface area (Å²) in [5, 5.41) is 3.43. The van der Waals surface area contributed by atoms with Crippen molar-refractivity contribution in [3.05, 3.63) is 18.1 Å². The fraction of sp³-hybridized carbons (Fsp3) is 0.733. The van der Waals surface area contributed by atoms with E-state index in [1.165, 1.54) is 12.8 Å². The van der Waals surface area contributed by atoms with Gasteiger partial charge >= 0.3 is 0 Å². The zero-order valence-electron chi connectivity index (χ0n) is 12.6. The molecule has 0 atom stereocenters. The Morgan fingerprint density at radius 1 is 1.26 bits per heavy atom. The van der Waals surface area contributed by atoms with Gasteiger partial charge in [0, 0.05) is 25.2 Å². The Balaban J connectivity index is 1.92. The largest absolute Gasteiger partial charge is 0.355 e. The summed E-state index contributed by atoms with van der Waals surface area (Å²) in [4.78, 5) is 11.4. The van der Waals surface area contributed by atoms with Gasteiger partial charge in [0.1, 0.15) is 5.82 Å². The first-order chi connectivity index (χ1) is 8.98. The maximum atomic E-state index is 4.55. The third kappa shape index (κ3) is 4.78. The Kier molecular flexibility index (Phi) is 4.40. The van der Waals surface area contributed by atoms with E-state index in [1.807, 2.05) is 12.4 Å². The minimum atomic E-state index is 0.113. The van der Waals surface area contributed by atoms with E-state index in [0.29, 0.717) is 0 Å². The second kappa shape index (κ2) is 5.87. The van der Waals surface area contributed by atoms with Crippen LogP contribution in [0.3, 0.4) is 0 Å². The number of nitrogens with one attached hydrogen (secondary N) is 1. The van der Waals surface area contributed by atoms with E-state index in [9.17, 15) is 0 Å². The van der Waals surface area contributed by atoms with E-state index in [0.717, 1.165) is 37.1 Å². The quantitative estimate of drug-likeness (QED) is 0.855. The van der Waals surface area contributed by atoms with Crippen molar-refractivity contribution in [3.8, 4) is 0 Å². The first-order valence-corrected chi connectivity index (χ1v) is 7.29. The van der Waals surface area contributed by atoms with Gasteiger partial charge in [0.15, 0.2) is 0 Å². The van der Waals surface area contributed by atoms with E-state index in [2.05, 4.69) is 47.9 Å². The lowest BCUT2D eigenvalue weighted by Gasteiger charge is -2.22. The topological polar surface area (TPSA) is 41.1 Å². The average Bonchev–Trinajstić information content (AvgIpc) is 3.17. The molecule has 0 unspecified atom stereocenters. The van der Waals surface area contributed by atoms with Gasteiger partial charge < -0.3 is 10.2 Å². The van der Waals surface area contributed by atoms with Crippen LogP contribution in [0.25, 0.3) is 0 Å². The van der Waals surface area contributed by atoms with E-state index in [-0.39, 0.29) is 5.54 Å². The van der Waals surface area contributed by atoms with Crippen LogP contribution >= 0.6 is 0 Å². The molecule has 0 radical (unpaired) electrons. The lowest BCUT2D eigenvalue weighted by Crippen LogP contribution is -2.35. The summed E-state index contributed by atoms with van der Waals surface area (Å²) >= 11 is 0. The molecule has 1 aliphatic rings. The number of rotatable bonds is 6. The Morgan fingerprint density at radius 3 is 2.47 bits per heavy atom. The summed E-state index contributed by atoms with van der Waals surface area (Å²) in [5.41, 5.74) is 1.11. The van der Waals surface area contributed by atoms with Crippen molar-refractivity contribution in [2.24, 2.45) is 5.92 Å². The molecule has 1 fully saturated rings. The fourth-order valence-electron chi connectivity index (χ4n) is 1.95. The number of nitrogens with zero attached hydrogens (tertiary/aromatic N) is 3. The predicted octanol–water partition coefficient (Wildman–Crippen LogP) is 2.60. The fourth-order valence-corrected chi connectivity index (χ4v) is 1.95. The molecule has 1 aliphatic carbocycles. The standard InChI is InChI=1S/C15H26N4/c1-5-19(11-12-6-7-12)14-10-16-13(8-17-14)9-18-15(2,3)4/h8,10,12,18H,5-7,9,11H2,1-4H3. The van der Waals surface area contributed by atoms with Gasteiger partial charge in [-0.25, -0.2) is 4.98 Å². The molecule has 1 heterocycles. The minimum absolute atomic E-state index is 0.113. The molecule has 0 amide bonds. The van der Waals surface area contributed by atoms with Crippen molar-refractivity contribution < 1.29 is 0 Å². The highest BCUT2D eigenvalue weighted by molar-refractivity contribution is 5.35. The first kappa shape index (κ1) is 14.3. The molecular formula is C15H26N4. The lowest BCUT2D eigenvalue weighted by atomic mass is 10.1. The van der Waals surface area contributed by atoms with E-state index in [4.69, 9.17) is 0 Å². The summed E-state index contributed by atoms with van der Waals surface area (Å²) < 4.78 is 0. The van der Waals surface area contributed by atoms with Gasteiger partial charge in [-0.2, -0.15) is 0 Å². The molecule has 0 bridgehead atoms. The van der Waals surface area contributed by atoms with E-state index >= 15 is 0 Å². The maximum absolute atomic E-state index is 4.55. The normalized spacial score (nSPS) is 15.6. The van der Waals surface area contributed by atoms with Crippen molar-refractivity contribution in [1.82, 2.24) is 15.3 Å². The predicted molar refractivity (Wildman–Crippen MR) is 79.2 cm³/mol.